The van der Waals surface area contributed by atoms with Crippen LogP contribution in [0.15, 0.2) is 35.0 Å². The number of phenolic OH excluding ortho intramolecular Hbond substituents is 1. The van der Waals surface area contributed by atoms with Crippen LogP contribution < -0.4 is 0 Å². The molecule has 120 valence electrons. The van der Waals surface area contributed by atoms with Gasteiger partial charge in [0.15, 0.2) is 5.65 Å². The highest BCUT2D eigenvalue weighted by atomic mass is 35.5. The molecule has 1 N–H and O–H groups in total. The molecule has 0 atom stereocenters. The van der Waals surface area contributed by atoms with E-state index in [4.69, 9.17) is 27.7 Å². The third-order valence-electron chi connectivity index (χ3n) is 3.38. The van der Waals surface area contributed by atoms with E-state index in [9.17, 15) is 5.11 Å². The molecule has 0 amide bonds. The van der Waals surface area contributed by atoms with E-state index in [1.165, 1.54) is 12.1 Å². The number of benzene rings is 1. The van der Waals surface area contributed by atoms with Crippen molar-refractivity contribution < 1.29 is 9.63 Å². The van der Waals surface area contributed by atoms with Crippen LogP contribution in [0.25, 0.3) is 28.6 Å². The Morgan fingerprint density at radius 1 is 1.12 bits per heavy atom. The van der Waals surface area contributed by atoms with Crippen molar-refractivity contribution in [3.05, 3.63) is 46.2 Å². The van der Waals surface area contributed by atoms with E-state index in [0.717, 1.165) is 5.69 Å². The summed E-state index contributed by atoms with van der Waals surface area (Å²) < 4.78 is 6.90. The van der Waals surface area contributed by atoms with Crippen LogP contribution in [0.3, 0.4) is 0 Å². The maximum atomic E-state index is 9.56. The number of phenols is 1. The topological polar surface area (TPSA) is 89.3 Å². The number of nitrogens with zero attached hydrogens (tertiary/aromatic N) is 5. The van der Waals surface area contributed by atoms with Gasteiger partial charge in [-0.25, -0.2) is 9.50 Å². The average molecular weight is 362 g/mol. The highest BCUT2D eigenvalue weighted by molar-refractivity contribution is 6.36. The summed E-state index contributed by atoms with van der Waals surface area (Å²) in [4.78, 5) is 8.68. The van der Waals surface area contributed by atoms with Gasteiger partial charge in [-0.1, -0.05) is 28.4 Å². The van der Waals surface area contributed by atoms with Crippen LogP contribution in [-0.4, -0.2) is 29.8 Å². The Hall–Kier alpha value is -2.64. The molecule has 4 rings (SSSR count). The van der Waals surface area contributed by atoms with Gasteiger partial charge in [-0.15, -0.1) is 0 Å². The lowest BCUT2D eigenvalue weighted by atomic mass is 10.2. The molecule has 0 spiro atoms. The third kappa shape index (κ3) is 2.47. The van der Waals surface area contributed by atoms with Crippen LogP contribution in [0.2, 0.25) is 10.0 Å². The zero-order valence-electron chi connectivity index (χ0n) is 12.2. The smallest absolute Gasteiger partial charge is 0.278 e. The van der Waals surface area contributed by atoms with Crippen molar-refractivity contribution >= 4 is 28.8 Å². The maximum absolute atomic E-state index is 9.56. The van der Waals surface area contributed by atoms with Crippen molar-refractivity contribution in [1.82, 2.24) is 24.7 Å². The molecule has 3 aromatic heterocycles. The minimum Gasteiger partial charge on any atom is -0.506 e. The number of hydrogen-bond acceptors (Lipinski definition) is 6. The van der Waals surface area contributed by atoms with E-state index in [2.05, 4.69) is 20.2 Å². The highest BCUT2D eigenvalue weighted by Crippen LogP contribution is 2.35. The molecule has 0 bridgehead atoms. The highest BCUT2D eigenvalue weighted by Gasteiger charge is 2.17. The number of hydrogen-bond donors (Lipinski definition) is 1. The van der Waals surface area contributed by atoms with Gasteiger partial charge in [-0.05, 0) is 25.1 Å². The van der Waals surface area contributed by atoms with Gasteiger partial charge in [-0.3, -0.25) is 0 Å². The Labute approximate surface area is 145 Å². The fourth-order valence-corrected chi connectivity index (χ4v) is 2.63. The molecule has 0 radical (unpaired) electrons. The predicted octanol–water partition coefficient (Wildman–Crippen LogP) is 3.77. The number of imidazole rings is 1. The van der Waals surface area contributed by atoms with Crippen LogP contribution in [0.1, 0.15) is 5.69 Å². The SMILES string of the molecule is Cc1ccc2nc(-c3nc(-c4cc(Cl)c(O)cc4Cl)no3)cn2n1. The fourth-order valence-electron chi connectivity index (χ4n) is 2.23. The molecule has 0 aliphatic rings. The molecule has 0 fully saturated rings. The molecule has 0 unspecified atom stereocenters. The monoisotopic (exact) mass is 361 g/mol. The Morgan fingerprint density at radius 2 is 1.96 bits per heavy atom. The lowest BCUT2D eigenvalue weighted by Gasteiger charge is -2.01. The van der Waals surface area contributed by atoms with Crippen LogP contribution >= 0.6 is 23.2 Å². The molecule has 24 heavy (non-hydrogen) atoms. The standard InChI is InChI=1S/C15H9Cl2N5O2/c1-7-2-3-13-18-11(6-22(13)20-7)15-19-14(21-24-15)8-4-10(17)12(23)5-9(8)16/h2-6,23H,1H3. The van der Waals surface area contributed by atoms with Crippen LogP contribution in [0.5, 0.6) is 5.75 Å². The zero-order valence-corrected chi connectivity index (χ0v) is 13.7. The van der Waals surface area contributed by atoms with Crippen molar-refractivity contribution in [3.63, 3.8) is 0 Å². The molecule has 7 nitrogen and oxygen atoms in total. The Balaban J connectivity index is 1.78. The normalized spacial score (nSPS) is 11.3. The summed E-state index contributed by atoms with van der Waals surface area (Å²) in [5, 5.41) is 18.2. The Kier molecular flexibility index (Phi) is 3.40. The van der Waals surface area contributed by atoms with E-state index in [1.807, 2.05) is 19.1 Å². The van der Waals surface area contributed by atoms with Crippen molar-refractivity contribution in [3.8, 4) is 28.7 Å². The largest absolute Gasteiger partial charge is 0.506 e. The van der Waals surface area contributed by atoms with Crippen LogP contribution in [0, 0.1) is 6.92 Å². The fraction of sp³-hybridized carbons (Fsp3) is 0.0667. The number of aryl methyl sites for hydroxylation is 1. The zero-order chi connectivity index (χ0) is 16.8. The molecule has 3 heterocycles. The Bertz CT molecular complexity index is 1070. The second-order valence-corrected chi connectivity index (χ2v) is 5.92. The summed E-state index contributed by atoms with van der Waals surface area (Å²) >= 11 is 12.0. The number of rotatable bonds is 2. The Morgan fingerprint density at radius 3 is 2.79 bits per heavy atom. The van der Waals surface area contributed by atoms with E-state index in [1.54, 1.807) is 10.7 Å². The quantitative estimate of drug-likeness (QED) is 0.584. The van der Waals surface area contributed by atoms with Crippen molar-refractivity contribution in [2.75, 3.05) is 0 Å². The van der Waals surface area contributed by atoms with Crippen LogP contribution in [0.4, 0.5) is 0 Å². The number of fused-ring (bicyclic) bond motifs is 1. The molecule has 4 aromatic rings. The second kappa shape index (κ2) is 5.47. The first kappa shape index (κ1) is 14.9. The molecule has 9 heteroatoms. The summed E-state index contributed by atoms with van der Waals surface area (Å²) in [6, 6.07) is 6.51. The molecule has 0 aliphatic carbocycles. The summed E-state index contributed by atoms with van der Waals surface area (Å²) in [5.74, 6) is 0.363. The molecule has 0 saturated heterocycles. The van der Waals surface area contributed by atoms with Gasteiger partial charge in [0.2, 0.25) is 5.82 Å². The van der Waals surface area contributed by atoms with E-state index in [0.29, 0.717) is 16.9 Å². The van der Waals surface area contributed by atoms with Crippen LogP contribution in [-0.2, 0) is 0 Å². The first-order valence-corrected chi connectivity index (χ1v) is 7.62. The van der Waals surface area contributed by atoms with E-state index >= 15 is 0 Å². The first-order valence-electron chi connectivity index (χ1n) is 6.87. The lowest BCUT2D eigenvalue weighted by Crippen LogP contribution is -1.91. The van der Waals surface area contributed by atoms with Gasteiger partial charge in [0.1, 0.15) is 11.4 Å². The average Bonchev–Trinajstić information content (AvgIpc) is 3.16. The van der Waals surface area contributed by atoms with Crippen molar-refractivity contribution in [2.45, 2.75) is 6.92 Å². The summed E-state index contributed by atoms with van der Waals surface area (Å²) in [6.45, 7) is 1.89. The van der Waals surface area contributed by atoms with Gasteiger partial charge in [-0.2, -0.15) is 10.1 Å². The summed E-state index contributed by atoms with van der Waals surface area (Å²) in [6.07, 6.45) is 1.70. The van der Waals surface area contributed by atoms with E-state index in [-0.39, 0.29) is 27.5 Å². The van der Waals surface area contributed by atoms with Gasteiger partial charge in [0.05, 0.1) is 21.9 Å². The number of halogens is 2. The van der Waals surface area contributed by atoms with Gasteiger partial charge < -0.3 is 9.63 Å². The number of aromatic hydroxyl groups is 1. The van der Waals surface area contributed by atoms with Crippen molar-refractivity contribution in [2.24, 2.45) is 0 Å². The van der Waals surface area contributed by atoms with E-state index < -0.39 is 0 Å². The third-order valence-corrected chi connectivity index (χ3v) is 3.99. The summed E-state index contributed by atoms with van der Waals surface area (Å²) in [5.41, 5.74) is 2.48. The minimum absolute atomic E-state index is 0.115. The first-order chi connectivity index (χ1) is 11.5. The van der Waals surface area contributed by atoms with Crippen molar-refractivity contribution in [1.29, 1.82) is 0 Å². The summed E-state index contributed by atoms with van der Waals surface area (Å²) in [7, 11) is 0. The molecule has 0 aliphatic heterocycles. The number of aromatic nitrogens is 5. The lowest BCUT2D eigenvalue weighted by molar-refractivity contribution is 0.431. The minimum atomic E-state index is -0.115. The van der Waals surface area contributed by atoms with Gasteiger partial charge >= 0.3 is 0 Å². The predicted molar refractivity (Wildman–Crippen MR) is 88.1 cm³/mol. The van der Waals surface area contributed by atoms with Gasteiger partial charge in [0.25, 0.3) is 5.89 Å². The molecular weight excluding hydrogens is 353 g/mol. The maximum Gasteiger partial charge on any atom is 0.278 e. The molecule has 0 saturated carbocycles. The molecule has 1 aromatic carbocycles. The van der Waals surface area contributed by atoms with Gasteiger partial charge in [0, 0.05) is 11.6 Å². The second-order valence-electron chi connectivity index (χ2n) is 5.11. The molecular formula is C15H9Cl2N5O2.